The lowest BCUT2D eigenvalue weighted by molar-refractivity contribution is 0.306. The summed E-state index contributed by atoms with van der Waals surface area (Å²) < 4.78 is 12.5. The number of halogens is 1. The molecular formula is C27H25ClN2O2. The van der Waals surface area contributed by atoms with Gasteiger partial charge in [-0.25, -0.2) is 4.98 Å². The third kappa shape index (κ3) is 4.72. The standard InChI is InChI=1S/C27H25ClN2O2/c28-23-10-4-8-21(16-23)25-26(32-27(30-25)20-12-14-29-15-13-20)22-9-5-11-24(17-22)31-18-19-6-2-1-3-7-19/h1-11,16-17,20,29H,12-15,18H2. The van der Waals surface area contributed by atoms with E-state index in [0.717, 1.165) is 65.7 Å². The quantitative estimate of drug-likeness (QED) is 0.359. The molecule has 32 heavy (non-hydrogen) atoms. The Hall–Kier alpha value is -3.08. The van der Waals surface area contributed by atoms with Gasteiger partial charge in [-0.1, -0.05) is 66.2 Å². The fourth-order valence-electron chi connectivity index (χ4n) is 4.08. The van der Waals surface area contributed by atoms with E-state index in [9.17, 15) is 0 Å². The third-order valence-corrected chi connectivity index (χ3v) is 6.01. The molecule has 1 fully saturated rings. The molecule has 2 heterocycles. The molecule has 0 amide bonds. The van der Waals surface area contributed by atoms with Crippen molar-refractivity contribution in [3.63, 3.8) is 0 Å². The van der Waals surface area contributed by atoms with Gasteiger partial charge in [0.25, 0.3) is 0 Å². The molecule has 0 bridgehead atoms. The van der Waals surface area contributed by atoms with Gasteiger partial charge < -0.3 is 14.5 Å². The minimum absolute atomic E-state index is 0.320. The van der Waals surface area contributed by atoms with Gasteiger partial charge in [0.1, 0.15) is 18.1 Å². The van der Waals surface area contributed by atoms with E-state index in [-0.39, 0.29) is 0 Å². The molecule has 0 saturated carbocycles. The van der Waals surface area contributed by atoms with Gasteiger partial charge in [-0.05, 0) is 55.8 Å². The smallest absolute Gasteiger partial charge is 0.198 e. The molecule has 5 heteroatoms. The van der Waals surface area contributed by atoms with Gasteiger partial charge >= 0.3 is 0 Å². The van der Waals surface area contributed by atoms with Crippen LogP contribution >= 0.6 is 11.6 Å². The van der Waals surface area contributed by atoms with Crippen molar-refractivity contribution in [3.05, 3.63) is 95.3 Å². The van der Waals surface area contributed by atoms with Gasteiger partial charge in [0.15, 0.2) is 11.7 Å². The molecule has 0 atom stereocenters. The van der Waals surface area contributed by atoms with Crippen LogP contribution in [0.25, 0.3) is 22.6 Å². The highest BCUT2D eigenvalue weighted by molar-refractivity contribution is 6.30. The van der Waals surface area contributed by atoms with Crippen LogP contribution < -0.4 is 10.1 Å². The summed E-state index contributed by atoms with van der Waals surface area (Å²) in [6.07, 6.45) is 2.05. The number of ether oxygens (including phenoxy) is 1. The van der Waals surface area contributed by atoms with Crippen molar-refractivity contribution in [1.82, 2.24) is 10.3 Å². The highest BCUT2D eigenvalue weighted by atomic mass is 35.5. The highest BCUT2D eigenvalue weighted by Crippen LogP contribution is 2.38. The zero-order valence-electron chi connectivity index (χ0n) is 17.8. The summed E-state index contributed by atoms with van der Waals surface area (Å²) in [5.74, 6) is 2.67. The average Bonchev–Trinajstić information content (AvgIpc) is 3.30. The molecule has 1 N–H and O–H groups in total. The maximum Gasteiger partial charge on any atom is 0.198 e. The Morgan fingerprint density at radius 3 is 2.50 bits per heavy atom. The van der Waals surface area contributed by atoms with Crippen molar-refractivity contribution in [3.8, 4) is 28.3 Å². The molecule has 0 aliphatic carbocycles. The molecule has 5 rings (SSSR count). The Bertz CT molecular complexity index is 1180. The fraction of sp³-hybridized carbons (Fsp3) is 0.222. The number of hydrogen-bond acceptors (Lipinski definition) is 4. The lowest BCUT2D eigenvalue weighted by atomic mass is 9.98. The molecular weight excluding hydrogens is 420 g/mol. The summed E-state index contributed by atoms with van der Waals surface area (Å²) in [7, 11) is 0. The molecule has 0 unspecified atom stereocenters. The number of nitrogens with one attached hydrogen (secondary N) is 1. The summed E-state index contributed by atoms with van der Waals surface area (Å²) in [6.45, 7) is 2.48. The molecule has 4 nitrogen and oxygen atoms in total. The number of piperidine rings is 1. The van der Waals surface area contributed by atoms with Crippen LogP contribution in [-0.2, 0) is 6.61 Å². The highest BCUT2D eigenvalue weighted by Gasteiger charge is 2.24. The average molecular weight is 445 g/mol. The largest absolute Gasteiger partial charge is 0.489 e. The van der Waals surface area contributed by atoms with Crippen LogP contribution in [0.5, 0.6) is 5.75 Å². The van der Waals surface area contributed by atoms with Gasteiger partial charge in [-0.2, -0.15) is 0 Å². The van der Waals surface area contributed by atoms with Gasteiger partial charge in [0, 0.05) is 22.1 Å². The molecule has 3 aromatic carbocycles. The van der Waals surface area contributed by atoms with E-state index < -0.39 is 0 Å². The van der Waals surface area contributed by atoms with Gasteiger partial charge in [0.2, 0.25) is 0 Å². The van der Waals surface area contributed by atoms with E-state index >= 15 is 0 Å². The van der Waals surface area contributed by atoms with Crippen molar-refractivity contribution in [2.24, 2.45) is 0 Å². The predicted molar refractivity (Wildman–Crippen MR) is 128 cm³/mol. The summed E-state index contributed by atoms with van der Waals surface area (Å²) >= 11 is 6.29. The Morgan fingerprint density at radius 1 is 0.906 bits per heavy atom. The van der Waals surface area contributed by atoms with E-state index in [2.05, 4.69) is 17.4 Å². The molecule has 1 saturated heterocycles. The minimum atomic E-state index is 0.320. The van der Waals surface area contributed by atoms with Crippen LogP contribution in [0.4, 0.5) is 0 Å². The topological polar surface area (TPSA) is 47.3 Å². The van der Waals surface area contributed by atoms with Crippen LogP contribution in [0.2, 0.25) is 5.02 Å². The number of benzene rings is 3. The maximum atomic E-state index is 6.41. The zero-order chi connectivity index (χ0) is 21.8. The first kappa shape index (κ1) is 20.8. The second kappa shape index (κ2) is 9.60. The molecule has 0 radical (unpaired) electrons. The van der Waals surface area contributed by atoms with Crippen molar-refractivity contribution in [2.75, 3.05) is 13.1 Å². The number of nitrogens with zero attached hydrogens (tertiary/aromatic N) is 1. The monoisotopic (exact) mass is 444 g/mol. The SMILES string of the molecule is Clc1cccc(-c2nc(C3CCNCC3)oc2-c2cccc(OCc3ccccc3)c2)c1. The maximum absolute atomic E-state index is 6.41. The van der Waals surface area contributed by atoms with Crippen molar-refractivity contribution in [2.45, 2.75) is 25.4 Å². The molecule has 1 aromatic heterocycles. The normalized spacial score (nSPS) is 14.4. The number of oxazole rings is 1. The first-order valence-electron chi connectivity index (χ1n) is 11.0. The Labute approximate surface area is 193 Å². The van der Waals surface area contributed by atoms with Crippen LogP contribution in [0, 0.1) is 0 Å². The van der Waals surface area contributed by atoms with Crippen LogP contribution in [0.1, 0.15) is 30.2 Å². The first-order valence-corrected chi connectivity index (χ1v) is 11.4. The number of hydrogen-bond donors (Lipinski definition) is 1. The molecule has 162 valence electrons. The number of rotatable bonds is 6. The lowest BCUT2D eigenvalue weighted by Gasteiger charge is -2.19. The van der Waals surface area contributed by atoms with Gasteiger partial charge in [0.05, 0.1) is 0 Å². The Balaban J connectivity index is 1.49. The fourth-order valence-corrected chi connectivity index (χ4v) is 4.27. The first-order chi connectivity index (χ1) is 15.8. The van der Waals surface area contributed by atoms with Crippen LogP contribution in [0.3, 0.4) is 0 Å². The van der Waals surface area contributed by atoms with Crippen molar-refractivity contribution in [1.29, 1.82) is 0 Å². The summed E-state index contributed by atoms with van der Waals surface area (Å²) in [5, 5.41) is 4.09. The molecule has 0 spiro atoms. The predicted octanol–water partition coefficient (Wildman–Crippen LogP) is 6.71. The van der Waals surface area contributed by atoms with E-state index in [1.165, 1.54) is 0 Å². The zero-order valence-corrected chi connectivity index (χ0v) is 18.5. The van der Waals surface area contributed by atoms with Crippen molar-refractivity contribution >= 4 is 11.6 Å². The second-order valence-electron chi connectivity index (χ2n) is 8.07. The summed E-state index contributed by atoms with van der Waals surface area (Å²) in [6, 6.07) is 25.9. The van der Waals surface area contributed by atoms with Crippen LogP contribution in [0.15, 0.2) is 83.3 Å². The molecule has 1 aliphatic rings. The van der Waals surface area contributed by atoms with E-state index in [0.29, 0.717) is 17.5 Å². The minimum Gasteiger partial charge on any atom is -0.489 e. The van der Waals surface area contributed by atoms with E-state index in [1.54, 1.807) is 0 Å². The Kier molecular flexibility index (Phi) is 6.24. The third-order valence-electron chi connectivity index (χ3n) is 5.77. The lowest BCUT2D eigenvalue weighted by Crippen LogP contribution is -2.26. The Morgan fingerprint density at radius 2 is 1.69 bits per heavy atom. The van der Waals surface area contributed by atoms with E-state index in [1.807, 2.05) is 66.7 Å². The van der Waals surface area contributed by atoms with Crippen LogP contribution in [-0.4, -0.2) is 18.1 Å². The number of aromatic nitrogens is 1. The summed E-state index contributed by atoms with van der Waals surface area (Å²) in [4.78, 5) is 4.95. The van der Waals surface area contributed by atoms with Crippen molar-refractivity contribution < 1.29 is 9.15 Å². The summed E-state index contributed by atoms with van der Waals surface area (Å²) in [5.41, 5.74) is 3.84. The molecule has 4 aromatic rings. The van der Waals surface area contributed by atoms with Gasteiger partial charge in [-0.3, -0.25) is 0 Å². The van der Waals surface area contributed by atoms with Gasteiger partial charge in [-0.15, -0.1) is 0 Å². The second-order valence-corrected chi connectivity index (χ2v) is 8.50. The molecule has 1 aliphatic heterocycles. The van der Waals surface area contributed by atoms with E-state index in [4.69, 9.17) is 25.7 Å².